The van der Waals surface area contributed by atoms with Crippen LogP contribution in [0.25, 0.3) is 11.1 Å². The molecule has 33 heavy (non-hydrogen) atoms. The van der Waals surface area contributed by atoms with E-state index < -0.39 is 0 Å². The van der Waals surface area contributed by atoms with Crippen LogP contribution in [0.1, 0.15) is 36.7 Å². The Morgan fingerprint density at radius 1 is 1.21 bits per heavy atom. The fraction of sp³-hybridized carbons (Fsp3) is 0.385. The van der Waals surface area contributed by atoms with E-state index in [0.29, 0.717) is 49.1 Å². The highest BCUT2D eigenvalue weighted by Gasteiger charge is 2.34. The summed E-state index contributed by atoms with van der Waals surface area (Å²) in [4.78, 5) is 26.5. The van der Waals surface area contributed by atoms with Gasteiger partial charge in [-0.25, -0.2) is 4.79 Å². The van der Waals surface area contributed by atoms with Gasteiger partial charge in [-0.1, -0.05) is 23.7 Å². The van der Waals surface area contributed by atoms with Crippen LogP contribution in [0.3, 0.4) is 0 Å². The molecule has 174 valence electrons. The molecule has 1 saturated heterocycles. The lowest BCUT2D eigenvalue weighted by Crippen LogP contribution is -2.55. The molecule has 2 aromatic rings. The first-order chi connectivity index (χ1) is 15.8. The van der Waals surface area contributed by atoms with Crippen LogP contribution in [0.4, 0.5) is 0 Å². The summed E-state index contributed by atoms with van der Waals surface area (Å²) in [5.74, 6) is 0.255. The number of esters is 1. The maximum absolute atomic E-state index is 13.1. The number of ether oxygens (including phenoxy) is 3. The highest BCUT2D eigenvalue weighted by Crippen LogP contribution is 2.40. The molecule has 0 bridgehead atoms. The molecule has 0 N–H and O–H groups in total. The van der Waals surface area contributed by atoms with Crippen molar-refractivity contribution in [2.45, 2.75) is 38.8 Å². The van der Waals surface area contributed by atoms with Crippen molar-refractivity contribution in [3.8, 4) is 16.9 Å². The largest absolute Gasteiger partial charge is 0.484 e. The molecule has 1 amide bonds. The van der Waals surface area contributed by atoms with Gasteiger partial charge in [0.15, 0.2) is 0 Å². The third-order valence-corrected chi connectivity index (χ3v) is 6.18. The average Bonchev–Trinajstić information content (AvgIpc) is 3.21. The molecule has 2 aliphatic heterocycles. The number of hydrogen-bond donors (Lipinski definition) is 0. The van der Waals surface area contributed by atoms with E-state index in [-0.39, 0.29) is 23.5 Å². The lowest BCUT2D eigenvalue weighted by molar-refractivity contribution is -0.137. The van der Waals surface area contributed by atoms with Crippen LogP contribution < -0.4 is 4.74 Å². The zero-order valence-electron chi connectivity index (χ0n) is 19.1. The Labute approximate surface area is 199 Å². The van der Waals surface area contributed by atoms with Gasteiger partial charge in [-0.3, -0.25) is 4.79 Å². The molecule has 6 nitrogen and oxygen atoms in total. The van der Waals surface area contributed by atoms with Gasteiger partial charge in [-0.05, 0) is 62.2 Å². The quantitative estimate of drug-likeness (QED) is 0.470. The Bertz CT molecular complexity index is 1080. The second kappa shape index (κ2) is 9.57. The van der Waals surface area contributed by atoms with Crippen molar-refractivity contribution in [1.29, 1.82) is 0 Å². The van der Waals surface area contributed by atoms with Gasteiger partial charge in [0.05, 0.1) is 30.4 Å². The normalized spacial score (nSPS) is 19.3. The Morgan fingerprint density at radius 3 is 2.67 bits per heavy atom. The fourth-order valence-electron chi connectivity index (χ4n) is 4.19. The first-order valence-corrected chi connectivity index (χ1v) is 11.5. The number of fused-ring (bicyclic) bond motifs is 1. The molecule has 2 aromatic carbocycles. The van der Waals surface area contributed by atoms with Gasteiger partial charge >= 0.3 is 5.97 Å². The van der Waals surface area contributed by atoms with E-state index >= 15 is 0 Å². The van der Waals surface area contributed by atoms with Crippen molar-refractivity contribution >= 4 is 23.5 Å². The van der Waals surface area contributed by atoms with Crippen molar-refractivity contribution in [3.05, 3.63) is 64.7 Å². The Hall–Kier alpha value is -2.83. The minimum Gasteiger partial charge on any atom is -0.484 e. The zero-order chi connectivity index (χ0) is 23.6. The van der Waals surface area contributed by atoms with Gasteiger partial charge < -0.3 is 19.1 Å². The predicted octanol–water partition coefficient (Wildman–Crippen LogP) is 4.68. The van der Waals surface area contributed by atoms with Crippen LogP contribution >= 0.6 is 11.6 Å². The van der Waals surface area contributed by atoms with Gasteiger partial charge in [-0.2, -0.15) is 0 Å². The lowest BCUT2D eigenvalue weighted by atomic mass is 9.98. The number of nitrogens with zero attached hydrogens (tertiary/aromatic N) is 1. The maximum Gasteiger partial charge on any atom is 0.330 e. The number of carbonyl (C=O) groups is 2. The van der Waals surface area contributed by atoms with Crippen molar-refractivity contribution < 1.29 is 23.8 Å². The smallest absolute Gasteiger partial charge is 0.330 e. The molecule has 4 rings (SSSR count). The average molecular weight is 470 g/mol. The van der Waals surface area contributed by atoms with Gasteiger partial charge in [0, 0.05) is 30.2 Å². The van der Waals surface area contributed by atoms with E-state index in [1.807, 2.05) is 55.1 Å². The van der Waals surface area contributed by atoms with E-state index in [9.17, 15) is 9.59 Å². The van der Waals surface area contributed by atoms with Crippen LogP contribution in [0.5, 0.6) is 5.75 Å². The van der Waals surface area contributed by atoms with Gasteiger partial charge in [0.2, 0.25) is 0 Å². The van der Waals surface area contributed by atoms with E-state index in [1.54, 1.807) is 13.0 Å². The molecule has 2 aliphatic rings. The summed E-state index contributed by atoms with van der Waals surface area (Å²) in [7, 11) is 0. The summed E-state index contributed by atoms with van der Waals surface area (Å²) in [6, 6.07) is 11.5. The summed E-state index contributed by atoms with van der Waals surface area (Å²) in [5.41, 5.74) is 3.20. The van der Waals surface area contributed by atoms with E-state index in [1.165, 1.54) is 6.08 Å². The second-order valence-corrected chi connectivity index (χ2v) is 9.22. The van der Waals surface area contributed by atoms with Crippen molar-refractivity contribution in [3.63, 3.8) is 0 Å². The fourth-order valence-corrected chi connectivity index (χ4v) is 4.47. The summed E-state index contributed by atoms with van der Waals surface area (Å²) in [5, 5.41) is 0.518. The molecule has 2 heterocycles. The topological polar surface area (TPSA) is 65.1 Å². The van der Waals surface area contributed by atoms with Gasteiger partial charge in [0.1, 0.15) is 11.9 Å². The van der Waals surface area contributed by atoms with Crippen molar-refractivity contribution in [2.75, 3.05) is 26.4 Å². The predicted molar refractivity (Wildman–Crippen MR) is 127 cm³/mol. The number of rotatable bonds is 5. The van der Waals surface area contributed by atoms with E-state index in [0.717, 1.165) is 16.7 Å². The summed E-state index contributed by atoms with van der Waals surface area (Å²) >= 11 is 6.50. The molecule has 0 saturated carbocycles. The third-order valence-electron chi connectivity index (χ3n) is 5.90. The lowest BCUT2D eigenvalue weighted by Gasteiger charge is -2.42. The molecular weight excluding hydrogens is 442 g/mol. The van der Waals surface area contributed by atoms with Crippen LogP contribution in [0.15, 0.2) is 48.6 Å². The number of carbonyl (C=O) groups excluding carboxylic acids is 2. The van der Waals surface area contributed by atoms with Crippen LogP contribution in [-0.4, -0.2) is 54.8 Å². The molecule has 0 aliphatic carbocycles. The molecule has 0 radical (unpaired) electrons. The molecule has 1 unspecified atom stereocenters. The number of amides is 1. The minimum atomic E-state index is -0.390. The second-order valence-electron chi connectivity index (χ2n) is 8.82. The van der Waals surface area contributed by atoms with E-state index in [2.05, 4.69) is 0 Å². The van der Waals surface area contributed by atoms with E-state index in [4.69, 9.17) is 25.8 Å². The van der Waals surface area contributed by atoms with Crippen LogP contribution in [0.2, 0.25) is 5.02 Å². The first-order valence-electron chi connectivity index (χ1n) is 11.1. The standard InChI is InChI=1S/C26H28ClNO5/c1-4-32-23(29)10-9-21-14-20-13-19(15-22(27)24(20)33-21)17-5-7-18(8-6-17)25(30)28-11-12-31-16-26(28,2)3/h5-10,13,15,21H,4,11-12,14,16H2,1-3H3. The number of hydrogen-bond acceptors (Lipinski definition) is 5. The third kappa shape index (κ3) is 5.07. The molecule has 7 heteroatoms. The SMILES string of the molecule is CCOC(=O)C=CC1Cc2cc(-c3ccc(C(=O)N4CCOCC4(C)C)cc3)cc(Cl)c2O1. The summed E-state index contributed by atoms with van der Waals surface area (Å²) in [6.07, 6.45) is 3.43. The van der Waals surface area contributed by atoms with Gasteiger partial charge in [0.25, 0.3) is 5.91 Å². The zero-order valence-corrected chi connectivity index (χ0v) is 19.9. The van der Waals surface area contributed by atoms with Gasteiger partial charge in [-0.15, -0.1) is 0 Å². The van der Waals surface area contributed by atoms with Crippen LogP contribution in [-0.2, 0) is 20.7 Å². The molecular formula is C26H28ClNO5. The summed E-state index contributed by atoms with van der Waals surface area (Å²) in [6.45, 7) is 7.80. The molecule has 1 fully saturated rings. The maximum atomic E-state index is 13.1. The number of morpholine rings is 1. The highest BCUT2D eigenvalue weighted by atomic mass is 35.5. The monoisotopic (exact) mass is 469 g/mol. The first kappa shape index (κ1) is 23.3. The molecule has 1 atom stereocenters. The van der Waals surface area contributed by atoms with Crippen molar-refractivity contribution in [2.24, 2.45) is 0 Å². The highest BCUT2D eigenvalue weighted by molar-refractivity contribution is 6.32. The molecule has 0 aromatic heterocycles. The molecule has 0 spiro atoms. The Morgan fingerprint density at radius 2 is 1.97 bits per heavy atom. The Kier molecular flexibility index (Phi) is 6.77. The van der Waals surface area contributed by atoms with Crippen LogP contribution in [0, 0.1) is 0 Å². The number of halogens is 1. The number of benzene rings is 2. The summed E-state index contributed by atoms with van der Waals surface area (Å²) < 4.78 is 16.4. The Balaban J connectivity index is 1.50. The minimum absolute atomic E-state index is 0.00599. The van der Waals surface area contributed by atoms with Crippen molar-refractivity contribution in [1.82, 2.24) is 4.90 Å².